The van der Waals surface area contributed by atoms with Gasteiger partial charge in [0.05, 0.1) is 23.1 Å². The highest BCUT2D eigenvalue weighted by atomic mass is 32.2. The molecule has 0 radical (unpaired) electrons. The Hall–Kier alpha value is -3.72. The van der Waals surface area contributed by atoms with Crippen LogP contribution < -0.4 is 14.6 Å². The summed E-state index contributed by atoms with van der Waals surface area (Å²) >= 11 is 0. The van der Waals surface area contributed by atoms with Crippen LogP contribution in [-0.2, 0) is 16.7 Å². The summed E-state index contributed by atoms with van der Waals surface area (Å²) in [6.07, 6.45) is 0. The van der Waals surface area contributed by atoms with E-state index in [0.717, 1.165) is 14.6 Å². The van der Waals surface area contributed by atoms with Crippen LogP contribution in [0.2, 0.25) is 0 Å². The first-order chi connectivity index (χ1) is 15.3. The van der Waals surface area contributed by atoms with Gasteiger partial charge in [-0.1, -0.05) is 29.5 Å². The van der Waals surface area contributed by atoms with Crippen molar-refractivity contribution in [2.75, 3.05) is 11.4 Å². The first-order valence-corrected chi connectivity index (χ1v) is 11.3. The van der Waals surface area contributed by atoms with Crippen molar-refractivity contribution in [3.8, 4) is 5.75 Å². The smallest absolute Gasteiger partial charge is 0.279 e. The molecule has 0 aliphatic rings. The SMILES string of the molecule is COc1ccc(N(Cn2nnc3ccccc3c2=O)S(=O)(=O)c2cc(C)ccc2C)cc1. The van der Waals surface area contributed by atoms with Gasteiger partial charge in [0.25, 0.3) is 15.6 Å². The summed E-state index contributed by atoms with van der Waals surface area (Å²) in [5.41, 5.74) is 1.80. The van der Waals surface area contributed by atoms with Crippen LogP contribution in [0, 0.1) is 13.8 Å². The second-order valence-corrected chi connectivity index (χ2v) is 9.20. The molecule has 0 bridgehead atoms. The first kappa shape index (κ1) is 21.5. The van der Waals surface area contributed by atoms with E-state index in [0.29, 0.717) is 27.9 Å². The number of anilines is 1. The summed E-state index contributed by atoms with van der Waals surface area (Å²) in [6.45, 7) is 3.23. The van der Waals surface area contributed by atoms with Crippen LogP contribution in [0.4, 0.5) is 5.69 Å². The lowest BCUT2D eigenvalue weighted by atomic mass is 10.2. The van der Waals surface area contributed by atoms with Gasteiger partial charge in [0.2, 0.25) is 0 Å². The maximum absolute atomic E-state index is 13.8. The number of aromatic nitrogens is 3. The zero-order chi connectivity index (χ0) is 22.9. The normalized spacial score (nSPS) is 11.5. The Balaban J connectivity index is 1.87. The van der Waals surface area contributed by atoms with Gasteiger partial charge in [-0.25, -0.2) is 12.7 Å². The number of rotatable bonds is 6. The molecule has 0 fully saturated rings. The van der Waals surface area contributed by atoms with Gasteiger partial charge >= 0.3 is 0 Å². The molecule has 0 aliphatic heterocycles. The largest absolute Gasteiger partial charge is 0.497 e. The quantitative estimate of drug-likeness (QED) is 0.448. The van der Waals surface area contributed by atoms with E-state index in [1.54, 1.807) is 67.6 Å². The van der Waals surface area contributed by atoms with Gasteiger partial charge in [0.1, 0.15) is 17.9 Å². The maximum atomic E-state index is 13.8. The third kappa shape index (κ3) is 3.94. The Kier molecular flexibility index (Phi) is 5.67. The van der Waals surface area contributed by atoms with Gasteiger partial charge in [0, 0.05) is 0 Å². The first-order valence-electron chi connectivity index (χ1n) is 9.88. The topological polar surface area (TPSA) is 94.4 Å². The number of aryl methyl sites for hydroxylation is 2. The maximum Gasteiger partial charge on any atom is 0.279 e. The predicted molar refractivity (Wildman–Crippen MR) is 122 cm³/mol. The van der Waals surface area contributed by atoms with E-state index in [1.807, 2.05) is 13.0 Å². The molecule has 0 atom stereocenters. The fourth-order valence-corrected chi connectivity index (χ4v) is 5.09. The summed E-state index contributed by atoms with van der Waals surface area (Å²) in [4.78, 5) is 13.2. The summed E-state index contributed by atoms with van der Waals surface area (Å²) < 4.78 is 34.9. The molecule has 0 N–H and O–H groups in total. The highest BCUT2D eigenvalue weighted by Gasteiger charge is 2.28. The summed E-state index contributed by atoms with van der Waals surface area (Å²) in [5, 5.41) is 8.41. The van der Waals surface area contributed by atoms with E-state index < -0.39 is 15.6 Å². The van der Waals surface area contributed by atoms with Crippen molar-refractivity contribution in [2.45, 2.75) is 25.4 Å². The van der Waals surface area contributed by atoms with Gasteiger partial charge < -0.3 is 4.74 Å². The fourth-order valence-electron chi connectivity index (χ4n) is 3.39. The molecule has 32 heavy (non-hydrogen) atoms. The summed E-state index contributed by atoms with van der Waals surface area (Å²) in [6, 6.07) is 18.6. The van der Waals surface area contributed by atoms with Crippen molar-refractivity contribution in [3.05, 3.63) is 88.2 Å². The van der Waals surface area contributed by atoms with Gasteiger partial charge in [-0.2, -0.15) is 4.68 Å². The van der Waals surface area contributed by atoms with E-state index in [2.05, 4.69) is 10.3 Å². The number of fused-ring (bicyclic) bond motifs is 1. The van der Waals surface area contributed by atoms with E-state index >= 15 is 0 Å². The number of benzene rings is 3. The predicted octanol–water partition coefficient (Wildman–Crippen LogP) is 3.27. The highest BCUT2D eigenvalue weighted by Crippen LogP contribution is 2.28. The standard InChI is InChI=1S/C23H22N4O4S/c1-16-8-9-17(2)22(14-16)32(29,30)27(18-10-12-19(31-3)13-11-18)15-26-23(28)20-6-4-5-7-21(20)24-25-26/h4-14H,15H2,1-3H3. The number of hydrogen-bond donors (Lipinski definition) is 0. The van der Waals surface area contributed by atoms with Crippen LogP contribution in [0.25, 0.3) is 10.9 Å². The Morgan fingerprint density at radius 2 is 1.72 bits per heavy atom. The minimum Gasteiger partial charge on any atom is -0.497 e. The lowest BCUT2D eigenvalue weighted by Crippen LogP contribution is -2.38. The highest BCUT2D eigenvalue weighted by molar-refractivity contribution is 7.92. The van der Waals surface area contributed by atoms with Crippen LogP contribution in [-0.4, -0.2) is 30.5 Å². The molecule has 1 aromatic heterocycles. The minimum absolute atomic E-state index is 0.162. The molecule has 0 saturated heterocycles. The second-order valence-electron chi connectivity index (χ2n) is 7.37. The summed E-state index contributed by atoms with van der Waals surface area (Å²) in [5.74, 6) is 0.584. The van der Waals surface area contributed by atoms with Crippen LogP contribution in [0.3, 0.4) is 0 Å². The Labute approximate surface area is 185 Å². The van der Waals surface area contributed by atoms with Crippen LogP contribution in [0.5, 0.6) is 5.75 Å². The molecule has 1 heterocycles. The lowest BCUT2D eigenvalue weighted by molar-refractivity contribution is 0.415. The molecular formula is C23H22N4O4S. The van der Waals surface area contributed by atoms with Crippen molar-refractivity contribution in [3.63, 3.8) is 0 Å². The van der Waals surface area contributed by atoms with Gasteiger partial charge in [-0.15, -0.1) is 5.10 Å². The van der Waals surface area contributed by atoms with Crippen molar-refractivity contribution in [1.29, 1.82) is 0 Å². The second kappa shape index (κ2) is 8.43. The van der Waals surface area contributed by atoms with Crippen molar-refractivity contribution in [1.82, 2.24) is 15.0 Å². The van der Waals surface area contributed by atoms with E-state index in [4.69, 9.17) is 4.74 Å². The van der Waals surface area contributed by atoms with Crippen molar-refractivity contribution in [2.24, 2.45) is 0 Å². The Morgan fingerprint density at radius 1 is 1.00 bits per heavy atom. The van der Waals surface area contributed by atoms with Crippen LogP contribution in [0.1, 0.15) is 11.1 Å². The Morgan fingerprint density at radius 3 is 2.44 bits per heavy atom. The zero-order valence-electron chi connectivity index (χ0n) is 17.9. The van der Waals surface area contributed by atoms with Gasteiger partial charge in [-0.05, 0) is 67.4 Å². The molecular weight excluding hydrogens is 428 g/mol. The number of methoxy groups -OCH3 is 1. The average molecular weight is 451 g/mol. The molecule has 0 amide bonds. The third-order valence-corrected chi connectivity index (χ3v) is 7.07. The van der Waals surface area contributed by atoms with Crippen LogP contribution in [0.15, 0.2) is 76.4 Å². The van der Waals surface area contributed by atoms with Crippen molar-refractivity contribution < 1.29 is 13.2 Å². The van der Waals surface area contributed by atoms with Crippen LogP contribution >= 0.6 is 0 Å². The van der Waals surface area contributed by atoms with Crippen molar-refractivity contribution >= 4 is 26.6 Å². The molecule has 4 aromatic rings. The minimum atomic E-state index is -4.03. The number of ether oxygens (including phenoxy) is 1. The number of hydrogen-bond acceptors (Lipinski definition) is 6. The molecule has 8 nitrogen and oxygen atoms in total. The molecule has 9 heteroatoms. The summed E-state index contributed by atoms with van der Waals surface area (Å²) in [7, 11) is -2.50. The third-order valence-electron chi connectivity index (χ3n) is 5.16. The van der Waals surface area contributed by atoms with E-state index in [9.17, 15) is 13.2 Å². The molecule has 4 rings (SSSR count). The fraction of sp³-hybridized carbons (Fsp3) is 0.174. The van der Waals surface area contributed by atoms with Gasteiger partial charge in [-0.3, -0.25) is 4.79 Å². The molecule has 0 spiro atoms. The zero-order valence-corrected chi connectivity index (χ0v) is 18.7. The Bertz CT molecular complexity index is 1450. The number of nitrogens with zero attached hydrogens (tertiary/aromatic N) is 4. The monoisotopic (exact) mass is 450 g/mol. The van der Waals surface area contributed by atoms with E-state index in [-0.39, 0.29) is 11.6 Å². The van der Waals surface area contributed by atoms with E-state index in [1.165, 1.54) is 7.11 Å². The molecule has 0 aliphatic carbocycles. The molecule has 164 valence electrons. The number of sulfonamides is 1. The van der Waals surface area contributed by atoms with Gasteiger partial charge in [0.15, 0.2) is 0 Å². The molecule has 3 aromatic carbocycles. The lowest BCUT2D eigenvalue weighted by Gasteiger charge is -2.25. The average Bonchev–Trinajstić information content (AvgIpc) is 2.80. The molecule has 0 saturated carbocycles. The molecule has 0 unspecified atom stereocenters.